The number of nitrogens with two attached hydrogens (primary N) is 1. The lowest BCUT2D eigenvalue weighted by atomic mass is 10.1. The molecule has 0 atom stereocenters. The molecular weight excluding hydrogens is 548 g/mol. The maximum absolute atomic E-state index is 14.0. The van der Waals surface area contributed by atoms with Gasteiger partial charge in [0, 0.05) is 44.0 Å². The van der Waals surface area contributed by atoms with E-state index in [1.54, 1.807) is 28.8 Å². The third kappa shape index (κ3) is 5.99. The predicted molar refractivity (Wildman–Crippen MR) is 142 cm³/mol. The summed E-state index contributed by atoms with van der Waals surface area (Å²) in [5.74, 6) is -0.759. The Balaban J connectivity index is 1.32. The molecule has 4 aromatic rings. The van der Waals surface area contributed by atoms with Crippen LogP contribution in [0.25, 0.3) is 16.6 Å². The van der Waals surface area contributed by atoms with Crippen molar-refractivity contribution < 1.29 is 32.3 Å². The Bertz CT molecular complexity index is 1600. The van der Waals surface area contributed by atoms with E-state index < -0.39 is 35.4 Å². The summed E-state index contributed by atoms with van der Waals surface area (Å²) < 4.78 is 54.5. The van der Waals surface area contributed by atoms with E-state index in [1.165, 1.54) is 11.2 Å². The standard InChI is InChI=1S/C26H24F4N8O3/c27-20-6-3-16(26(28,29)30)11-21(20)35-24(39)34-17-4-1-15(2-5-17)19-12-18(38-22(19)23(31)32-14-33-38)13-36-7-9-37(10-8-36)25(40)41/h1-6,11-12,14H,7-10,13H2,(H,40,41)(H2,31,32,33)(H2,34,35,39). The van der Waals surface area contributed by atoms with E-state index >= 15 is 0 Å². The van der Waals surface area contributed by atoms with Crippen molar-refractivity contribution in [2.45, 2.75) is 12.7 Å². The molecule has 1 fully saturated rings. The van der Waals surface area contributed by atoms with Gasteiger partial charge in [-0.05, 0) is 42.0 Å². The lowest BCUT2D eigenvalue weighted by molar-refractivity contribution is -0.137. The minimum Gasteiger partial charge on any atom is -0.465 e. The van der Waals surface area contributed by atoms with Crippen LogP contribution >= 0.6 is 0 Å². The summed E-state index contributed by atoms with van der Waals surface area (Å²) in [7, 11) is 0. The minimum absolute atomic E-state index is 0.252. The second-order valence-corrected chi connectivity index (χ2v) is 9.35. The molecule has 0 unspecified atom stereocenters. The number of benzene rings is 2. The van der Waals surface area contributed by atoms with Crippen molar-refractivity contribution in [3.8, 4) is 11.1 Å². The number of nitrogens with zero attached hydrogens (tertiary/aromatic N) is 5. The van der Waals surface area contributed by atoms with Crippen molar-refractivity contribution in [3.63, 3.8) is 0 Å². The van der Waals surface area contributed by atoms with Crippen LogP contribution in [0.4, 0.5) is 44.3 Å². The zero-order valence-electron chi connectivity index (χ0n) is 21.3. The monoisotopic (exact) mass is 572 g/mol. The molecule has 214 valence electrons. The molecule has 2 aromatic heterocycles. The van der Waals surface area contributed by atoms with Crippen LogP contribution in [0.2, 0.25) is 0 Å². The van der Waals surface area contributed by atoms with Crippen LogP contribution in [0.15, 0.2) is 54.9 Å². The number of piperazine rings is 1. The molecule has 5 rings (SSSR count). The number of carbonyl (C=O) groups excluding carboxylic acids is 1. The summed E-state index contributed by atoms with van der Waals surface area (Å²) in [5, 5.41) is 18.1. The van der Waals surface area contributed by atoms with Gasteiger partial charge < -0.3 is 26.4 Å². The lowest BCUT2D eigenvalue weighted by Gasteiger charge is -2.32. The van der Waals surface area contributed by atoms with Gasteiger partial charge in [-0.25, -0.2) is 23.5 Å². The molecule has 1 aliphatic heterocycles. The van der Waals surface area contributed by atoms with Crippen LogP contribution in [-0.2, 0) is 12.7 Å². The highest BCUT2D eigenvalue weighted by Gasteiger charge is 2.31. The first kappa shape index (κ1) is 27.6. The van der Waals surface area contributed by atoms with Crippen LogP contribution in [-0.4, -0.2) is 67.8 Å². The highest BCUT2D eigenvalue weighted by atomic mass is 19.4. The first-order chi connectivity index (χ1) is 19.5. The van der Waals surface area contributed by atoms with Gasteiger partial charge >= 0.3 is 18.3 Å². The van der Waals surface area contributed by atoms with E-state index in [0.29, 0.717) is 62.1 Å². The van der Waals surface area contributed by atoms with Gasteiger partial charge in [-0.2, -0.15) is 18.3 Å². The highest BCUT2D eigenvalue weighted by molar-refractivity contribution is 6.00. The molecule has 5 N–H and O–H groups in total. The molecule has 41 heavy (non-hydrogen) atoms. The van der Waals surface area contributed by atoms with Gasteiger partial charge in [-0.15, -0.1) is 0 Å². The number of alkyl halides is 3. The van der Waals surface area contributed by atoms with Crippen molar-refractivity contribution >= 4 is 34.8 Å². The Hall–Kier alpha value is -4.92. The molecular formula is C26H24F4N8O3. The highest BCUT2D eigenvalue weighted by Crippen LogP contribution is 2.33. The zero-order valence-corrected chi connectivity index (χ0v) is 21.3. The van der Waals surface area contributed by atoms with Gasteiger partial charge in [-0.3, -0.25) is 4.90 Å². The number of carbonyl (C=O) groups is 2. The van der Waals surface area contributed by atoms with Gasteiger partial charge in [0.05, 0.1) is 16.9 Å². The first-order valence-corrected chi connectivity index (χ1v) is 12.4. The molecule has 0 spiro atoms. The quantitative estimate of drug-likeness (QED) is 0.257. The number of fused-ring (bicyclic) bond motifs is 1. The summed E-state index contributed by atoms with van der Waals surface area (Å²) in [5.41, 5.74) is 7.63. The minimum atomic E-state index is -4.69. The Kier molecular flexibility index (Phi) is 7.36. The summed E-state index contributed by atoms with van der Waals surface area (Å²) in [4.78, 5) is 31.2. The molecule has 1 saturated heterocycles. The Labute approximate surface area is 230 Å². The molecule has 2 aromatic carbocycles. The van der Waals surface area contributed by atoms with E-state index in [2.05, 4.69) is 25.6 Å². The van der Waals surface area contributed by atoms with Crippen LogP contribution in [0.5, 0.6) is 0 Å². The average Bonchev–Trinajstić information content (AvgIpc) is 3.29. The molecule has 3 heterocycles. The molecule has 1 aliphatic rings. The van der Waals surface area contributed by atoms with E-state index in [1.807, 2.05) is 6.07 Å². The Morgan fingerprint density at radius 3 is 2.37 bits per heavy atom. The third-order valence-corrected chi connectivity index (χ3v) is 6.68. The summed E-state index contributed by atoms with van der Waals surface area (Å²) >= 11 is 0. The summed E-state index contributed by atoms with van der Waals surface area (Å²) in [6.45, 7) is 2.40. The summed E-state index contributed by atoms with van der Waals surface area (Å²) in [6.07, 6.45) is -4.29. The predicted octanol–water partition coefficient (Wildman–Crippen LogP) is 4.58. The largest absolute Gasteiger partial charge is 0.465 e. The van der Waals surface area contributed by atoms with Gasteiger partial charge in [0.2, 0.25) is 0 Å². The fourth-order valence-corrected chi connectivity index (χ4v) is 4.61. The van der Waals surface area contributed by atoms with E-state index in [9.17, 15) is 32.3 Å². The number of carboxylic acid groups (broad SMARTS) is 1. The second-order valence-electron chi connectivity index (χ2n) is 9.35. The molecule has 0 aliphatic carbocycles. The lowest BCUT2D eigenvalue weighted by Crippen LogP contribution is -2.47. The number of nitrogen functional groups attached to an aromatic ring is 1. The molecule has 15 heteroatoms. The van der Waals surface area contributed by atoms with Crippen molar-refractivity contribution in [1.82, 2.24) is 24.4 Å². The van der Waals surface area contributed by atoms with Crippen molar-refractivity contribution in [2.75, 3.05) is 42.5 Å². The zero-order chi connectivity index (χ0) is 29.3. The Morgan fingerprint density at radius 2 is 1.71 bits per heavy atom. The number of nitrogens with one attached hydrogen (secondary N) is 2. The van der Waals surface area contributed by atoms with Gasteiger partial charge in [0.1, 0.15) is 17.7 Å². The number of hydrogen-bond donors (Lipinski definition) is 4. The SMILES string of the molecule is Nc1ncnn2c(CN3CCN(C(=O)O)CC3)cc(-c3ccc(NC(=O)Nc4cc(C(F)(F)F)ccc4F)cc3)c12. The van der Waals surface area contributed by atoms with E-state index in [0.717, 1.165) is 16.8 Å². The number of halogens is 4. The van der Waals surface area contributed by atoms with E-state index in [-0.39, 0.29) is 5.82 Å². The van der Waals surface area contributed by atoms with Crippen molar-refractivity contribution in [3.05, 3.63) is 71.9 Å². The van der Waals surface area contributed by atoms with Crippen molar-refractivity contribution in [2.24, 2.45) is 0 Å². The van der Waals surface area contributed by atoms with Gasteiger partial charge in [-0.1, -0.05) is 12.1 Å². The number of anilines is 3. The van der Waals surface area contributed by atoms with Crippen LogP contribution in [0.1, 0.15) is 11.3 Å². The molecule has 0 bridgehead atoms. The smallest absolute Gasteiger partial charge is 0.416 e. The number of aromatic nitrogens is 3. The molecule has 0 saturated carbocycles. The van der Waals surface area contributed by atoms with Crippen LogP contribution in [0.3, 0.4) is 0 Å². The molecule has 3 amide bonds. The molecule has 0 radical (unpaired) electrons. The van der Waals surface area contributed by atoms with Gasteiger partial charge in [0.25, 0.3) is 0 Å². The normalized spacial score (nSPS) is 14.3. The number of rotatable bonds is 5. The number of hydrogen-bond acceptors (Lipinski definition) is 6. The Morgan fingerprint density at radius 1 is 1.00 bits per heavy atom. The maximum Gasteiger partial charge on any atom is 0.416 e. The number of amides is 3. The third-order valence-electron chi connectivity index (χ3n) is 6.68. The van der Waals surface area contributed by atoms with Crippen LogP contribution < -0.4 is 16.4 Å². The van der Waals surface area contributed by atoms with Gasteiger partial charge in [0.15, 0.2) is 5.82 Å². The summed E-state index contributed by atoms with van der Waals surface area (Å²) in [6, 6.07) is 9.29. The average molecular weight is 573 g/mol. The second kappa shape index (κ2) is 10.9. The molecule has 11 nitrogen and oxygen atoms in total. The number of urea groups is 1. The fourth-order valence-electron chi connectivity index (χ4n) is 4.61. The topological polar surface area (TPSA) is 141 Å². The van der Waals surface area contributed by atoms with Crippen molar-refractivity contribution in [1.29, 1.82) is 0 Å². The maximum atomic E-state index is 14.0. The van der Waals surface area contributed by atoms with Crippen LogP contribution in [0, 0.1) is 5.82 Å². The van der Waals surface area contributed by atoms with E-state index in [4.69, 9.17) is 5.73 Å². The fraction of sp³-hybridized carbons (Fsp3) is 0.231. The first-order valence-electron chi connectivity index (χ1n) is 12.4.